The highest BCUT2D eigenvalue weighted by Gasteiger charge is 2.16. The third-order valence-electron chi connectivity index (χ3n) is 2.39. The first-order chi connectivity index (χ1) is 7.54. The van der Waals surface area contributed by atoms with Crippen molar-refractivity contribution < 1.29 is 9.31 Å². The summed E-state index contributed by atoms with van der Waals surface area (Å²) in [5.41, 5.74) is 6.11. The minimum absolute atomic E-state index is 0.117. The van der Waals surface area contributed by atoms with E-state index in [1.165, 1.54) is 12.1 Å². The highest BCUT2D eigenvalue weighted by molar-refractivity contribution is 5.40. The Labute approximate surface area is 93.4 Å². The van der Waals surface area contributed by atoms with Crippen LogP contribution in [0.3, 0.4) is 0 Å². The standard InChI is InChI=1S/C11H15FN2O2/c1-2-3-10(13)6-8-4-5-9(12)7-11(8)14(15)16/h4-5,7,10H,2-3,6,13H2,1H3. The first-order valence-corrected chi connectivity index (χ1v) is 5.23. The van der Waals surface area contributed by atoms with Crippen LogP contribution in [-0.2, 0) is 6.42 Å². The van der Waals surface area contributed by atoms with E-state index in [9.17, 15) is 14.5 Å². The molecule has 1 atom stereocenters. The predicted molar refractivity (Wildman–Crippen MR) is 59.6 cm³/mol. The number of nitrogens with two attached hydrogens (primary N) is 1. The van der Waals surface area contributed by atoms with E-state index in [1.54, 1.807) is 0 Å². The Morgan fingerprint density at radius 2 is 2.25 bits per heavy atom. The van der Waals surface area contributed by atoms with Crippen LogP contribution in [0.4, 0.5) is 10.1 Å². The van der Waals surface area contributed by atoms with Crippen LogP contribution >= 0.6 is 0 Å². The lowest BCUT2D eigenvalue weighted by Gasteiger charge is -2.10. The number of nitro benzene ring substituents is 1. The monoisotopic (exact) mass is 226 g/mol. The smallest absolute Gasteiger partial charge is 0.275 e. The van der Waals surface area contributed by atoms with Crippen LogP contribution in [0.2, 0.25) is 0 Å². The van der Waals surface area contributed by atoms with Gasteiger partial charge < -0.3 is 5.73 Å². The second-order valence-electron chi connectivity index (χ2n) is 3.78. The summed E-state index contributed by atoms with van der Waals surface area (Å²) < 4.78 is 12.9. The van der Waals surface area contributed by atoms with Gasteiger partial charge in [0.25, 0.3) is 5.69 Å². The van der Waals surface area contributed by atoms with E-state index in [2.05, 4.69) is 0 Å². The Morgan fingerprint density at radius 3 is 2.81 bits per heavy atom. The molecular formula is C11H15FN2O2. The summed E-state index contributed by atoms with van der Waals surface area (Å²) in [7, 11) is 0. The zero-order valence-corrected chi connectivity index (χ0v) is 9.15. The van der Waals surface area contributed by atoms with Crippen molar-refractivity contribution in [2.24, 2.45) is 5.73 Å². The van der Waals surface area contributed by atoms with Crippen molar-refractivity contribution >= 4 is 5.69 Å². The third kappa shape index (κ3) is 3.27. The highest BCUT2D eigenvalue weighted by atomic mass is 19.1. The van der Waals surface area contributed by atoms with Gasteiger partial charge in [-0.15, -0.1) is 0 Å². The highest BCUT2D eigenvalue weighted by Crippen LogP contribution is 2.21. The largest absolute Gasteiger partial charge is 0.327 e. The fraction of sp³-hybridized carbons (Fsp3) is 0.455. The third-order valence-corrected chi connectivity index (χ3v) is 2.39. The van der Waals surface area contributed by atoms with Gasteiger partial charge in [0.1, 0.15) is 5.82 Å². The number of halogens is 1. The van der Waals surface area contributed by atoms with Crippen molar-refractivity contribution in [3.63, 3.8) is 0 Å². The average Bonchev–Trinajstić information content (AvgIpc) is 2.20. The van der Waals surface area contributed by atoms with Gasteiger partial charge in [-0.3, -0.25) is 10.1 Å². The number of hydrogen-bond donors (Lipinski definition) is 1. The molecule has 88 valence electrons. The van der Waals surface area contributed by atoms with Crippen LogP contribution in [0.15, 0.2) is 18.2 Å². The van der Waals surface area contributed by atoms with Gasteiger partial charge in [-0.1, -0.05) is 13.3 Å². The van der Waals surface area contributed by atoms with E-state index in [1.807, 2.05) is 6.92 Å². The lowest BCUT2D eigenvalue weighted by Crippen LogP contribution is -2.22. The van der Waals surface area contributed by atoms with Gasteiger partial charge in [-0.2, -0.15) is 0 Å². The molecule has 1 aromatic carbocycles. The summed E-state index contributed by atoms with van der Waals surface area (Å²) >= 11 is 0. The Balaban J connectivity index is 2.90. The molecule has 4 nitrogen and oxygen atoms in total. The molecule has 0 saturated heterocycles. The van der Waals surface area contributed by atoms with E-state index >= 15 is 0 Å². The zero-order chi connectivity index (χ0) is 12.1. The molecule has 0 bridgehead atoms. The summed E-state index contributed by atoms with van der Waals surface area (Å²) in [6, 6.07) is 3.48. The second kappa shape index (κ2) is 5.55. The van der Waals surface area contributed by atoms with E-state index in [0.717, 1.165) is 18.9 Å². The van der Waals surface area contributed by atoms with Crippen molar-refractivity contribution in [1.82, 2.24) is 0 Å². The van der Waals surface area contributed by atoms with Crippen molar-refractivity contribution in [2.45, 2.75) is 32.2 Å². The maximum absolute atomic E-state index is 12.9. The number of rotatable bonds is 5. The molecule has 1 unspecified atom stereocenters. The van der Waals surface area contributed by atoms with Gasteiger partial charge >= 0.3 is 0 Å². The van der Waals surface area contributed by atoms with Crippen LogP contribution in [-0.4, -0.2) is 11.0 Å². The van der Waals surface area contributed by atoms with Gasteiger partial charge in [0.2, 0.25) is 0 Å². The van der Waals surface area contributed by atoms with Crippen LogP contribution in [0.25, 0.3) is 0 Å². The van der Waals surface area contributed by atoms with E-state index in [0.29, 0.717) is 12.0 Å². The lowest BCUT2D eigenvalue weighted by atomic mass is 10.0. The molecule has 2 N–H and O–H groups in total. The summed E-state index contributed by atoms with van der Waals surface area (Å²) in [4.78, 5) is 10.1. The molecule has 5 heteroatoms. The Kier molecular flexibility index (Phi) is 4.37. The average molecular weight is 226 g/mol. The van der Waals surface area contributed by atoms with Crippen LogP contribution in [0.5, 0.6) is 0 Å². The molecule has 0 radical (unpaired) electrons. The minimum Gasteiger partial charge on any atom is -0.327 e. The first-order valence-electron chi connectivity index (χ1n) is 5.23. The fourth-order valence-electron chi connectivity index (χ4n) is 1.63. The maximum Gasteiger partial charge on any atom is 0.275 e. The SMILES string of the molecule is CCCC(N)Cc1ccc(F)cc1[N+](=O)[O-]. The van der Waals surface area contributed by atoms with Crippen molar-refractivity contribution in [1.29, 1.82) is 0 Å². The molecule has 1 rings (SSSR count). The summed E-state index contributed by atoms with van der Waals surface area (Å²) in [5, 5.41) is 10.7. The summed E-state index contributed by atoms with van der Waals surface area (Å²) in [6.45, 7) is 2.00. The molecular weight excluding hydrogens is 211 g/mol. The molecule has 0 aliphatic heterocycles. The van der Waals surface area contributed by atoms with Crippen LogP contribution in [0.1, 0.15) is 25.3 Å². The van der Waals surface area contributed by atoms with E-state index in [4.69, 9.17) is 5.73 Å². The number of nitrogens with zero attached hydrogens (tertiary/aromatic N) is 1. The molecule has 1 aromatic rings. The van der Waals surface area contributed by atoms with Gasteiger partial charge in [0.05, 0.1) is 11.0 Å². The Hall–Kier alpha value is -1.49. The van der Waals surface area contributed by atoms with Crippen molar-refractivity contribution in [3.8, 4) is 0 Å². The number of nitro groups is 1. The van der Waals surface area contributed by atoms with Gasteiger partial charge in [-0.25, -0.2) is 4.39 Å². The van der Waals surface area contributed by atoms with E-state index in [-0.39, 0.29) is 11.7 Å². The van der Waals surface area contributed by atoms with Gasteiger partial charge in [0.15, 0.2) is 0 Å². The molecule has 0 aliphatic carbocycles. The number of benzene rings is 1. The fourth-order valence-corrected chi connectivity index (χ4v) is 1.63. The summed E-state index contributed by atoms with van der Waals surface area (Å²) in [5.74, 6) is -0.598. The quantitative estimate of drug-likeness (QED) is 0.619. The molecule has 0 aromatic heterocycles. The normalized spacial score (nSPS) is 12.4. The molecule has 0 aliphatic rings. The molecule has 0 saturated carbocycles. The van der Waals surface area contributed by atoms with E-state index < -0.39 is 10.7 Å². The summed E-state index contributed by atoms with van der Waals surface area (Å²) in [6.07, 6.45) is 2.13. The van der Waals surface area contributed by atoms with Crippen LogP contribution < -0.4 is 5.73 Å². The van der Waals surface area contributed by atoms with Crippen LogP contribution in [0, 0.1) is 15.9 Å². The second-order valence-corrected chi connectivity index (χ2v) is 3.78. The minimum atomic E-state index is -0.598. The Bertz CT molecular complexity index is 382. The maximum atomic E-state index is 12.9. The molecule has 16 heavy (non-hydrogen) atoms. The molecule has 0 amide bonds. The predicted octanol–water partition coefficient (Wildman–Crippen LogP) is 2.40. The van der Waals surface area contributed by atoms with Crippen molar-refractivity contribution in [3.05, 3.63) is 39.7 Å². The Morgan fingerprint density at radius 1 is 1.56 bits per heavy atom. The molecule has 0 fully saturated rings. The topological polar surface area (TPSA) is 69.2 Å². The van der Waals surface area contributed by atoms with Crippen molar-refractivity contribution in [2.75, 3.05) is 0 Å². The van der Waals surface area contributed by atoms with Gasteiger partial charge in [-0.05, 0) is 25.0 Å². The zero-order valence-electron chi connectivity index (χ0n) is 9.15. The van der Waals surface area contributed by atoms with Gasteiger partial charge in [0, 0.05) is 11.6 Å². The number of hydrogen-bond acceptors (Lipinski definition) is 3. The lowest BCUT2D eigenvalue weighted by molar-refractivity contribution is -0.385. The molecule has 0 spiro atoms. The molecule has 0 heterocycles. The first kappa shape index (κ1) is 12.6.